The van der Waals surface area contributed by atoms with Crippen molar-refractivity contribution in [3.05, 3.63) is 81.1 Å². The van der Waals surface area contributed by atoms with Crippen molar-refractivity contribution in [3.8, 4) is 80.1 Å². The molecule has 2 aliphatic rings. The normalized spacial score (nSPS) is 23.7. The standard InChI is InChI=1S/2C20H18O11/c21-7-1-2-9(10(23)3-7)18-19(31-20-17(28)15(26)12(25)6-29-20)16(27)14-11(24)4-8(22)5-13(14)30-18;21-8-4-11(24)14-13(5-8)30-18(7-1-2-9(22)10(23)3-7)19(16(14)27)31-20-17(28)15(26)12(25)6-29-20/h2*1-5,12,15,17,20-26,28H,6H2/t12-,15+,17+,20-;12-,15-,17+,20-/m00/s1. The Morgan fingerprint density at radius 1 is 0.468 bits per heavy atom. The predicted octanol–water partition coefficient (Wildman–Crippen LogP) is 0.200. The van der Waals surface area contributed by atoms with E-state index in [0.29, 0.717) is 0 Å². The van der Waals surface area contributed by atoms with Crippen LogP contribution >= 0.6 is 0 Å². The highest BCUT2D eigenvalue weighted by molar-refractivity contribution is 5.90. The van der Waals surface area contributed by atoms with E-state index in [1.807, 2.05) is 0 Å². The van der Waals surface area contributed by atoms with Gasteiger partial charge in [-0.05, 0) is 30.3 Å². The van der Waals surface area contributed by atoms with Gasteiger partial charge >= 0.3 is 0 Å². The molecule has 22 nitrogen and oxygen atoms in total. The number of aliphatic hydroxyl groups is 6. The molecule has 328 valence electrons. The first-order valence-electron chi connectivity index (χ1n) is 18.1. The lowest BCUT2D eigenvalue weighted by Crippen LogP contribution is -2.55. The number of aliphatic hydroxyl groups excluding tert-OH is 6. The van der Waals surface area contributed by atoms with Crippen LogP contribution in [0.4, 0.5) is 0 Å². The minimum Gasteiger partial charge on any atom is -0.508 e. The number of phenols is 8. The van der Waals surface area contributed by atoms with Gasteiger partial charge in [-0.2, -0.15) is 0 Å². The molecule has 2 fully saturated rings. The number of rotatable bonds is 6. The Hall–Kier alpha value is -7.02. The number of benzene rings is 4. The van der Waals surface area contributed by atoms with Crippen LogP contribution in [-0.2, 0) is 9.47 Å². The second kappa shape index (κ2) is 16.8. The summed E-state index contributed by atoms with van der Waals surface area (Å²) in [5, 5.41) is 137. The zero-order chi connectivity index (χ0) is 44.9. The Balaban J connectivity index is 0.000000186. The van der Waals surface area contributed by atoms with E-state index >= 15 is 0 Å². The first kappa shape index (κ1) is 43.1. The van der Waals surface area contributed by atoms with Crippen LogP contribution in [0.25, 0.3) is 44.6 Å². The summed E-state index contributed by atoms with van der Waals surface area (Å²) in [6.45, 7) is -0.795. The molecule has 8 rings (SSSR count). The van der Waals surface area contributed by atoms with E-state index in [2.05, 4.69) is 0 Å². The van der Waals surface area contributed by atoms with Gasteiger partial charge < -0.3 is 99.3 Å². The van der Waals surface area contributed by atoms with Gasteiger partial charge in [0.2, 0.25) is 34.9 Å². The Kier molecular flexibility index (Phi) is 11.7. The predicted molar refractivity (Wildman–Crippen MR) is 206 cm³/mol. The van der Waals surface area contributed by atoms with Crippen LogP contribution in [-0.4, -0.2) is 134 Å². The van der Waals surface area contributed by atoms with Crippen molar-refractivity contribution in [2.24, 2.45) is 0 Å². The maximum atomic E-state index is 13.2. The number of fused-ring (bicyclic) bond motifs is 2. The molecule has 2 aliphatic heterocycles. The van der Waals surface area contributed by atoms with E-state index in [1.54, 1.807) is 0 Å². The summed E-state index contributed by atoms with van der Waals surface area (Å²) in [7, 11) is 0. The SMILES string of the molecule is O=c1c(O[C@@H]2OC[C@H](O)[C@@H](O)[C@H]2O)c(-c2ccc(O)cc2O)oc2cc(O)cc(O)c12.O=c1c(O[C@@H]2OC[C@H](O)[C@H](O)[C@H]2O)c(-c2ccc(O)c(O)c2)oc2cc(O)cc(O)c12. The molecule has 14 N–H and O–H groups in total. The zero-order valence-corrected chi connectivity index (χ0v) is 31.3. The van der Waals surface area contributed by atoms with Crippen molar-refractivity contribution in [3.63, 3.8) is 0 Å². The van der Waals surface area contributed by atoms with Gasteiger partial charge in [-0.25, -0.2) is 0 Å². The van der Waals surface area contributed by atoms with Crippen LogP contribution in [0.2, 0.25) is 0 Å². The molecular formula is C40H36O22. The largest absolute Gasteiger partial charge is 0.508 e. The van der Waals surface area contributed by atoms with Gasteiger partial charge in [0.1, 0.15) is 93.1 Å². The first-order valence-corrected chi connectivity index (χ1v) is 18.1. The summed E-state index contributed by atoms with van der Waals surface area (Å²) in [4.78, 5) is 26.3. The molecule has 0 bridgehead atoms. The molecule has 0 aliphatic carbocycles. The van der Waals surface area contributed by atoms with Crippen LogP contribution in [0.3, 0.4) is 0 Å². The van der Waals surface area contributed by atoms with Gasteiger partial charge in [-0.1, -0.05) is 0 Å². The van der Waals surface area contributed by atoms with Crippen molar-refractivity contribution < 1.29 is 99.3 Å². The van der Waals surface area contributed by atoms with Crippen molar-refractivity contribution in [1.82, 2.24) is 0 Å². The Morgan fingerprint density at radius 3 is 1.42 bits per heavy atom. The van der Waals surface area contributed by atoms with E-state index in [4.69, 9.17) is 27.8 Å². The lowest BCUT2D eigenvalue weighted by Gasteiger charge is -2.34. The molecule has 0 spiro atoms. The highest BCUT2D eigenvalue weighted by Crippen LogP contribution is 2.42. The monoisotopic (exact) mass is 868 g/mol. The van der Waals surface area contributed by atoms with Gasteiger partial charge in [0, 0.05) is 35.9 Å². The smallest absolute Gasteiger partial charge is 0.239 e. The Bertz CT molecular complexity index is 2780. The fraction of sp³-hybridized carbons (Fsp3) is 0.250. The van der Waals surface area contributed by atoms with Gasteiger partial charge in [0.15, 0.2) is 23.0 Å². The van der Waals surface area contributed by atoms with E-state index in [1.165, 1.54) is 18.2 Å². The van der Waals surface area contributed by atoms with Crippen LogP contribution in [0.5, 0.6) is 57.5 Å². The van der Waals surface area contributed by atoms with Crippen LogP contribution in [0.15, 0.2) is 79.1 Å². The molecule has 0 unspecified atom stereocenters. The quantitative estimate of drug-likeness (QED) is 0.0994. The lowest BCUT2D eigenvalue weighted by atomic mass is 10.1. The van der Waals surface area contributed by atoms with Crippen LogP contribution in [0.1, 0.15) is 0 Å². The fourth-order valence-electron chi connectivity index (χ4n) is 6.49. The molecule has 0 saturated carbocycles. The maximum absolute atomic E-state index is 13.2. The third kappa shape index (κ3) is 8.09. The minimum absolute atomic E-state index is 0.0676. The molecule has 8 atom stereocenters. The maximum Gasteiger partial charge on any atom is 0.239 e. The summed E-state index contributed by atoms with van der Waals surface area (Å²) in [6.07, 6.45) is -12.6. The summed E-state index contributed by atoms with van der Waals surface area (Å²) < 4.78 is 32.6. The number of ether oxygens (including phenoxy) is 4. The highest BCUT2D eigenvalue weighted by Gasteiger charge is 2.41. The van der Waals surface area contributed by atoms with Crippen LogP contribution in [0, 0.1) is 0 Å². The minimum atomic E-state index is -1.74. The average Bonchev–Trinajstić information content (AvgIpc) is 3.20. The van der Waals surface area contributed by atoms with E-state index in [0.717, 1.165) is 42.5 Å². The second-order valence-corrected chi connectivity index (χ2v) is 14.0. The average molecular weight is 869 g/mol. The first-order chi connectivity index (χ1) is 29.3. The molecule has 6 aromatic rings. The molecule has 2 aromatic heterocycles. The fourth-order valence-corrected chi connectivity index (χ4v) is 6.49. The molecule has 2 saturated heterocycles. The number of aromatic hydroxyl groups is 8. The molecule has 62 heavy (non-hydrogen) atoms. The topological polar surface area (TPSA) is 381 Å². The summed E-state index contributed by atoms with van der Waals surface area (Å²) in [5.41, 5.74) is -2.32. The summed E-state index contributed by atoms with van der Waals surface area (Å²) in [6, 6.07) is 10.9. The van der Waals surface area contributed by atoms with Crippen molar-refractivity contribution in [2.75, 3.05) is 13.2 Å². The van der Waals surface area contributed by atoms with Crippen molar-refractivity contribution >= 4 is 21.9 Å². The van der Waals surface area contributed by atoms with Gasteiger partial charge in [-0.15, -0.1) is 0 Å². The van der Waals surface area contributed by atoms with Gasteiger partial charge in [0.05, 0.1) is 18.8 Å². The molecular weight excluding hydrogens is 832 g/mol. The highest BCUT2D eigenvalue weighted by atomic mass is 16.7. The molecule has 4 aromatic carbocycles. The van der Waals surface area contributed by atoms with Crippen molar-refractivity contribution in [2.45, 2.75) is 49.2 Å². The number of hydrogen-bond acceptors (Lipinski definition) is 22. The van der Waals surface area contributed by atoms with E-state index in [-0.39, 0.29) is 56.1 Å². The number of phenolic OH excluding ortho intramolecular Hbond substituents is 8. The van der Waals surface area contributed by atoms with Crippen LogP contribution < -0.4 is 20.3 Å². The summed E-state index contributed by atoms with van der Waals surface area (Å²) in [5.74, 6) is -5.52. The Labute approximate surface area is 344 Å². The molecule has 4 heterocycles. The number of hydrogen-bond donors (Lipinski definition) is 14. The Morgan fingerprint density at radius 2 is 0.935 bits per heavy atom. The van der Waals surface area contributed by atoms with Gasteiger partial charge in [0.25, 0.3) is 0 Å². The molecule has 0 amide bonds. The van der Waals surface area contributed by atoms with Crippen molar-refractivity contribution in [1.29, 1.82) is 0 Å². The van der Waals surface area contributed by atoms with Gasteiger partial charge in [-0.3, -0.25) is 9.59 Å². The van der Waals surface area contributed by atoms with E-state index in [9.17, 15) is 81.1 Å². The third-order valence-electron chi connectivity index (χ3n) is 9.68. The van der Waals surface area contributed by atoms with E-state index < -0.39 is 119 Å². The molecule has 0 radical (unpaired) electrons. The third-order valence-corrected chi connectivity index (χ3v) is 9.68. The molecule has 22 heteroatoms. The second-order valence-electron chi connectivity index (χ2n) is 14.0. The summed E-state index contributed by atoms with van der Waals surface area (Å²) >= 11 is 0. The zero-order valence-electron chi connectivity index (χ0n) is 31.3. The lowest BCUT2D eigenvalue weighted by molar-refractivity contribution is -0.242.